The number of hydrogen-bond donors (Lipinski definition) is 0. The minimum absolute atomic E-state index is 0.254. The standard InChI is InChI=1S/C25H17FN4O3/c26-16-8-5-14(6-9-16)23(31)28-13-17-11-21(28)22-24(32)30(25(33)29(17)22)20-10-7-15(12-27)18-3-1-2-4-19(18)20/h1-10,17,21-22H,11,13H2/t17?,21?,22-/m1/s1. The molecule has 7 nitrogen and oxygen atoms in total. The first-order chi connectivity index (χ1) is 16.0. The molecule has 2 unspecified atom stereocenters. The third-order valence-corrected chi connectivity index (χ3v) is 6.88. The molecule has 3 aromatic carbocycles. The van der Waals surface area contributed by atoms with E-state index in [0.29, 0.717) is 40.6 Å². The van der Waals surface area contributed by atoms with Crippen molar-refractivity contribution in [2.24, 2.45) is 0 Å². The van der Waals surface area contributed by atoms with E-state index in [1.165, 1.54) is 29.2 Å². The molecule has 0 aromatic heterocycles. The fraction of sp³-hybridized carbons (Fsp3) is 0.200. The molecule has 0 radical (unpaired) electrons. The number of halogens is 1. The van der Waals surface area contributed by atoms with Gasteiger partial charge in [-0.25, -0.2) is 14.1 Å². The Morgan fingerprint density at radius 2 is 1.73 bits per heavy atom. The van der Waals surface area contributed by atoms with Gasteiger partial charge < -0.3 is 9.80 Å². The number of urea groups is 1. The van der Waals surface area contributed by atoms with Gasteiger partial charge in [-0.1, -0.05) is 24.3 Å². The van der Waals surface area contributed by atoms with Crippen molar-refractivity contribution < 1.29 is 18.8 Å². The highest BCUT2D eigenvalue weighted by Gasteiger charge is 2.63. The largest absolute Gasteiger partial charge is 0.332 e. The van der Waals surface area contributed by atoms with Crippen molar-refractivity contribution in [2.45, 2.75) is 24.5 Å². The van der Waals surface area contributed by atoms with Crippen molar-refractivity contribution in [1.82, 2.24) is 9.80 Å². The summed E-state index contributed by atoms with van der Waals surface area (Å²) in [5.41, 5.74) is 1.25. The third-order valence-electron chi connectivity index (χ3n) is 6.88. The van der Waals surface area contributed by atoms with Crippen LogP contribution in [-0.2, 0) is 4.79 Å². The predicted molar refractivity (Wildman–Crippen MR) is 117 cm³/mol. The van der Waals surface area contributed by atoms with Crippen LogP contribution < -0.4 is 4.90 Å². The smallest absolute Gasteiger partial charge is 0.331 e. The highest BCUT2D eigenvalue weighted by atomic mass is 19.1. The van der Waals surface area contributed by atoms with Gasteiger partial charge in [0, 0.05) is 22.9 Å². The summed E-state index contributed by atoms with van der Waals surface area (Å²) in [5, 5.41) is 10.7. The summed E-state index contributed by atoms with van der Waals surface area (Å²) < 4.78 is 13.3. The number of imide groups is 1. The van der Waals surface area contributed by atoms with Crippen LogP contribution in [0.2, 0.25) is 0 Å². The first kappa shape index (κ1) is 19.4. The lowest BCUT2D eigenvalue weighted by Crippen LogP contribution is -2.54. The number of amides is 4. The van der Waals surface area contributed by atoms with Gasteiger partial charge in [0.1, 0.15) is 11.9 Å². The number of carbonyl (C=O) groups is 3. The van der Waals surface area contributed by atoms with Crippen LogP contribution in [0, 0.1) is 17.1 Å². The molecule has 3 atom stereocenters. The van der Waals surface area contributed by atoms with Crippen molar-refractivity contribution >= 4 is 34.3 Å². The number of piperazine rings is 1. The highest BCUT2D eigenvalue weighted by molar-refractivity contribution is 6.25. The highest BCUT2D eigenvalue weighted by Crippen LogP contribution is 2.44. The van der Waals surface area contributed by atoms with Crippen molar-refractivity contribution in [2.75, 3.05) is 11.4 Å². The zero-order valence-corrected chi connectivity index (χ0v) is 17.3. The van der Waals surface area contributed by atoms with Crippen LogP contribution in [-0.4, -0.2) is 52.3 Å². The SMILES string of the molecule is N#Cc1ccc(N2C(=O)[C@H]3C4CC(CN4C(=O)c4ccc(F)cc4)N3C2=O)c2ccccc12. The van der Waals surface area contributed by atoms with Gasteiger partial charge in [-0.2, -0.15) is 5.26 Å². The lowest BCUT2D eigenvalue weighted by atomic mass is 10.0. The summed E-state index contributed by atoms with van der Waals surface area (Å²) in [4.78, 5) is 44.4. The number of rotatable bonds is 2. The molecule has 3 saturated heterocycles. The summed E-state index contributed by atoms with van der Waals surface area (Å²) in [5.74, 6) is -1.08. The fourth-order valence-corrected chi connectivity index (χ4v) is 5.45. The van der Waals surface area contributed by atoms with Crippen LogP contribution in [0.4, 0.5) is 14.9 Å². The molecule has 0 saturated carbocycles. The lowest BCUT2D eigenvalue weighted by molar-refractivity contribution is -0.121. The second kappa shape index (κ2) is 6.87. The van der Waals surface area contributed by atoms with Gasteiger partial charge in [-0.05, 0) is 42.8 Å². The van der Waals surface area contributed by atoms with Gasteiger partial charge >= 0.3 is 6.03 Å². The molecule has 3 fully saturated rings. The molecular weight excluding hydrogens is 423 g/mol. The average molecular weight is 440 g/mol. The van der Waals surface area contributed by atoms with Gasteiger partial charge in [0.15, 0.2) is 0 Å². The molecule has 3 aromatic rings. The maximum absolute atomic E-state index is 13.5. The fourth-order valence-electron chi connectivity index (χ4n) is 5.45. The zero-order chi connectivity index (χ0) is 22.9. The Morgan fingerprint density at radius 3 is 2.45 bits per heavy atom. The Hall–Kier alpha value is -4.25. The molecule has 8 heteroatoms. The number of nitriles is 1. The lowest BCUT2D eigenvalue weighted by Gasteiger charge is -2.34. The normalized spacial score (nSPS) is 23.4. The molecule has 0 N–H and O–H groups in total. The van der Waals surface area contributed by atoms with Crippen LogP contribution in [0.15, 0.2) is 60.7 Å². The van der Waals surface area contributed by atoms with Gasteiger partial charge in [0.25, 0.3) is 11.8 Å². The summed E-state index contributed by atoms with van der Waals surface area (Å²) in [6.07, 6.45) is 0.539. The Morgan fingerprint density at radius 1 is 1.00 bits per heavy atom. The van der Waals surface area contributed by atoms with E-state index in [1.807, 2.05) is 0 Å². The number of likely N-dealkylation sites (tertiary alicyclic amines) is 1. The molecule has 6 rings (SSSR count). The predicted octanol–water partition coefficient (Wildman–Crippen LogP) is 3.28. The maximum atomic E-state index is 13.5. The van der Waals surface area contributed by atoms with Crippen LogP contribution in [0.25, 0.3) is 10.8 Å². The van der Waals surface area contributed by atoms with E-state index in [2.05, 4.69) is 6.07 Å². The second-order valence-electron chi connectivity index (χ2n) is 8.52. The number of nitrogens with zero attached hydrogens (tertiary/aromatic N) is 4. The third kappa shape index (κ3) is 2.62. The van der Waals surface area contributed by atoms with E-state index in [0.717, 1.165) is 0 Å². The van der Waals surface area contributed by atoms with E-state index >= 15 is 0 Å². The Bertz CT molecular complexity index is 1400. The van der Waals surface area contributed by atoms with E-state index in [-0.39, 0.29) is 17.9 Å². The number of fused-ring (bicyclic) bond motifs is 6. The van der Waals surface area contributed by atoms with Crippen molar-refractivity contribution in [3.63, 3.8) is 0 Å². The minimum Gasteiger partial charge on any atom is -0.331 e. The van der Waals surface area contributed by atoms with Crippen molar-refractivity contribution in [3.05, 3.63) is 77.6 Å². The number of carbonyl (C=O) groups excluding carboxylic acids is 3. The summed E-state index contributed by atoms with van der Waals surface area (Å²) in [6.45, 7) is 0.332. The Kier molecular flexibility index (Phi) is 4.05. The average Bonchev–Trinajstić information content (AvgIpc) is 3.50. The second-order valence-corrected chi connectivity index (χ2v) is 8.52. The first-order valence-electron chi connectivity index (χ1n) is 10.6. The number of benzene rings is 3. The summed E-state index contributed by atoms with van der Waals surface area (Å²) in [7, 11) is 0. The summed E-state index contributed by atoms with van der Waals surface area (Å²) >= 11 is 0. The molecule has 0 aliphatic carbocycles. The molecule has 3 aliphatic rings. The van der Waals surface area contributed by atoms with E-state index in [1.54, 1.807) is 46.2 Å². The molecule has 162 valence electrons. The van der Waals surface area contributed by atoms with Gasteiger partial charge in [-0.15, -0.1) is 0 Å². The monoisotopic (exact) mass is 440 g/mol. The van der Waals surface area contributed by atoms with Gasteiger partial charge in [0.05, 0.1) is 29.4 Å². The van der Waals surface area contributed by atoms with Crippen molar-refractivity contribution in [3.8, 4) is 6.07 Å². The molecular formula is C25H17FN4O3. The zero-order valence-electron chi connectivity index (χ0n) is 17.3. The molecule has 0 spiro atoms. The first-order valence-corrected chi connectivity index (χ1v) is 10.6. The topological polar surface area (TPSA) is 84.7 Å². The maximum Gasteiger partial charge on any atom is 0.332 e. The van der Waals surface area contributed by atoms with Crippen LogP contribution >= 0.6 is 0 Å². The molecule has 2 bridgehead atoms. The van der Waals surface area contributed by atoms with Gasteiger partial charge in [0.2, 0.25) is 0 Å². The van der Waals surface area contributed by atoms with E-state index in [4.69, 9.17) is 0 Å². The van der Waals surface area contributed by atoms with Crippen LogP contribution in [0.1, 0.15) is 22.3 Å². The number of hydrogen-bond acceptors (Lipinski definition) is 4. The van der Waals surface area contributed by atoms with Crippen LogP contribution in [0.5, 0.6) is 0 Å². The molecule has 4 amide bonds. The number of anilines is 1. The summed E-state index contributed by atoms with van der Waals surface area (Å²) in [6, 6.07) is 16.0. The van der Waals surface area contributed by atoms with E-state index < -0.39 is 23.9 Å². The Labute approximate surface area is 188 Å². The van der Waals surface area contributed by atoms with Crippen LogP contribution in [0.3, 0.4) is 0 Å². The van der Waals surface area contributed by atoms with E-state index in [9.17, 15) is 24.0 Å². The quantitative estimate of drug-likeness (QED) is 0.573. The molecule has 33 heavy (non-hydrogen) atoms. The van der Waals surface area contributed by atoms with Gasteiger partial charge in [-0.3, -0.25) is 9.59 Å². The Balaban J connectivity index is 1.36. The minimum atomic E-state index is -0.755. The molecule has 3 aliphatic heterocycles. The molecule has 3 heterocycles. The van der Waals surface area contributed by atoms with Crippen molar-refractivity contribution in [1.29, 1.82) is 5.26 Å².